The summed E-state index contributed by atoms with van der Waals surface area (Å²) in [6.07, 6.45) is 2.25. The lowest BCUT2D eigenvalue weighted by atomic mass is 9.89. The molecule has 0 bridgehead atoms. The van der Waals surface area contributed by atoms with E-state index < -0.39 is 11.6 Å². The molecule has 0 atom stereocenters. The standard InChI is InChI=1S/C16H23F2NO2/c1-16(2,11-20)8-3-9-19-15(21)7-5-12-4-6-13(17)14(18)10-12/h4,6,10,20H,3,5,7-9,11H2,1-2H3,(H,19,21). The zero-order chi connectivity index (χ0) is 15.9. The Morgan fingerprint density at radius 2 is 2.00 bits per heavy atom. The molecule has 118 valence electrons. The van der Waals surface area contributed by atoms with Gasteiger partial charge in [-0.15, -0.1) is 0 Å². The molecule has 0 radical (unpaired) electrons. The number of halogens is 2. The van der Waals surface area contributed by atoms with Crippen molar-refractivity contribution in [1.82, 2.24) is 5.32 Å². The molecule has 1 amide bonds. The van der Waals surface area contributed by atoms with Gasteiger partial charge in [0.25, 0.3) is 0 Å². The van der Waals surface area contributed by atoms with Crippen LogP contribution < -0.4 is 5.32 Å². The lowest BCUT2D eigenvalue weighted by Gasteiger charge is -2.21. The van der Waals surface area contributed by atoms with Crippen molar-refractivity contribution in [3.05, 3.63) is 35.4 Å². The van der Waals surface area contributed by atoms with Crippen LogP contribution >= 0.6 is 0 Å². The predicted octanol–water partition coefficient (Wildman–Crippen LogP) is 2.81. The van der Waals surface area contributed by atoms with Gasteiger partial charge in [-0.05, 0) is 42.4 Å². The van der Waals surface area contributed by atoms with Crippen LogP contribution in [-0.4, -0.2) is 24.2 Å². The maximum Gasteiger partial charge on any atom is 0.220 e. The first-order valence-electron chi connectivity index (χ1n) is 7.15. The average molecular weight is 299 g/mol. The fourth-order valence-corrected chi connectivity index (χ4v) is 1.92. The van der Waals surface area contributed by atoms with Gasteiger partial charge in [-0.25, -0.2) is 8.78 Å². The minimum absolute atomic E-state index is 0.110. The lowest BCUT2D eigenvalue weighted by Crippen LogP contribution is -2.26. The van der Waals surface area contributed by atoms with Gasteiger partial charge in [0.1, 0.15) is 0 Å². The van der Waals surface area contributed by atoms with Gasteiger partial charge in [-0.3, -0.25) is 4.79 Å². The summed E-state index contributed by atoms with van der Waals surface area (Å²) in [7, 11) is 0. The second-order valence-corrected chi connectivity index (χ2v) is 6.02. The van der Waals surface area contributed by atoms with Crippen LogP contribution in [0.3, 0.4) is 0 Å². The van der Waals surface area contributed by atoms with E-state index in [4.69, 9.17) is 5.11 Å². The van der Waals surface area contributed by atoms with Gasteiger partial charge in [0.2, 0.25) is 5.91 Å². The highest BCUT2D eigenvalue weighted by atomic mass is 19.2. The third-order valence-corrected chi connectivity index (χ3v) is 3.41. The molecule has 3 nitrogen and oxygen atoms in total. The smallest absolute Gasteiger partial charge is 0.220 e. The normalized spacial score (nSPS) is 11.5. The molecule has 2 N–H and O–H groups in total. The van der Waals surface area contributed by atoms with Crippen LogP contribution in [0, 0.1) is 17.0 Å². The molecule has 1 aromatic rings. The highest BCUT2D eigenvalue weighted by Crippen LogP contribution is 2.20. The molecule has 0 saturated carbocycles. The van der Waals surface area contributed by atoms with Crippen molar-refractivity contribution in [3.8, 4) is 0 Å². The van der Waals surface area contributed by atoms with E-state index in [1.807, 2.05) is 13.8 Å². The highest BCUT2D eigenvalue weighted by molar-refractivity contribution is 5.76. The molecule has 0 aromatic heterocycles. The van der Waals surface area contributed by atoms with Gasteiger partial charge < -0.3 is 10.4 Å². The Balaban J connectivity index is 2.24. The average Bonchev–Trinajstić information content (AvgIpc) is 2.45. The van der Waals surface area contributed by atoms with Gasteiger partial charge >= 0.3 is 0 Å². The summed E-state index contributed by atoms with van der Waals surface area (Å²) in [5.74, 6) is -1.88. The summed E-state index contributed by atoms with van der Waals surface area (Å²) in [4.78, 5) is 11.6. The van der Waals surface area contributed by atoms with Crippen molar-refractivity contribution in [2.45, 2.75) is 39.5 Å². The van der Waals surface area contributed by atoms with Gasteiger partial charge in [-0.1, -0.05) is 19.9 Å². The number of rotatable bonds is 8. The minimum Gasteiger partial charge on any atom is -0.396 e. The van der Waals surface area contributed by atoms with Crippen LogP contribution in [0.1, 0.15) is 38.7 Å². The van der Waals surface area contributed by atoms with Crippen LogP contribution in [0.5, 0.6) is 0 Å². The van der Waals surface area contributed by atoms with Gasteiger partial charge in [0.15, 0.2) is 11.6 Å². The van der Waals surface area contributed by atoms with E-state index in [1.54, 1.807) is 0 Å². The predicted molar refractivity (Wildman–Crippen MR) is 77.8 cm³/mol. The zero-order valence-electron chi connectivity index (χ0n) is 12.6. The number of aliphatic hydroxyl groups excluding tert-OH is 1. The van der Waals surface area contributed by atoms with E-state index in [9.17, 15) is 13.6 Å². The Kier molecular flexibility index (Phi) is 6.75. The molecule has 0 heterocycles. The van der Waals surface area contributed by atoms with Crippen molar-refractivity contribution in [2.24, 2.45) is 5.41 Å². The molecule has 0 aliphatic rings. The summed E-state index contributed by atoms with van der Waals surface area (Å²) in [6, 6.07) is 3.67. The third kappa shape index (κ3) is 6.67. The highest BCUT2D eigenvalue weighted by Gasteiger charge is 2.15. The van der Waals surface area contributed by atoms with Crippen molar-refractivity contribution < 1.29 is 18.7 Å². The van der Waals surface area contributed by atoms with Crippen molar-refractivity contribution in [1.29, 1.82) is 0 Å². The summed E-state index contributed by atoms with van der Waals surface area (Å²) in [6.45, 7) is 4.62. The van der Waals surface area contributed by atoms with Crippen LogP contribution in [0.2, 0.25) is 0 Å². The number of hydrogen-bond donors (Lipinski definition) is 2. The topological polar surface area (TPSA) is 49.3 Å². The summed E-state index contributed by atoms with van der Waals surface area (Å²) in [5, 5.41) is 11.9. The number of carbonyl (C=O) groups is 1. The molecular weight excluding hydrogens is 276 g/mol. The van der Waals surface area contributed by atoms with E-state index in [-0.39, 0.29) is 24.3 Å². The largest absolute Gasteiger partial charge is 0.396 e. The second-order valence-electron chi connectivity index (χ2n) is 6.02. The number of amides is 1. The summed E-state index contributed by atoms with van der Waals surface area (Å²) in [5.41, 5.74) is 0.474. The molecule has 1 rings (SSSR count). The molecule has 0 spiro atoms. The Labute approximate surface area is 124 Å². The molecule has 0 aliphatic heterocycles. The maximum atomic E-state index is 13.0. The number of nitrogens with one attached hydrogen (secondary N) is 1. The SMILES string of the molecule is CC(C)(CO)CCCNC(=O)CCc1ccc(F)c(F)c1. The zero-order valence-corrected chi connectivity index (χ0v) is 12.6. The first-order valence-corrected chi connectivity index (χ1v) is 7.15. The minimum atomic E-state index is -0.890. The van der Waals surface area contributed by atoms with Gasteiger partial charge in [0, 0.05) is 19.6 Å². The van der Waals surface area contributed by atoms with E-state index in [0.717, 1.165) is 25.0 Å². The molecule has 21 heavy (non-hydrogen) atoms. The molecule has 5 heteroatoms. The number of aliphatic hydroxyl groups is 1. The molecule has 0 fully saturated rings. The molecule has 0 saturated heterocycles. The number of aryl methyl sites for hydroxylation is 1. The summed E-state index contributed by atoms with van der Waals surface area (Å²) < 4.78 is 25.8. The van der Waals surface area contributed by atoms with Crippen molar-refractivity contribution in [3.63, 3.8) is 0 Å². The molecule has 1 aromatic carbocycles. The Hall–Kier alpha value is -1.49. The van der Waals surface area contributed by atoms with Gasteiger partial charge in [0.05, 0.1) is 0 Å². The fraction of sp³-hybridized carbons (Fsp3) is 0.562. The van der Waals surface area contributed by atoms with E-state index in [1.165, 1.54) is 6.07 Å². The van der Waals surface area contributed by atoms with Crippen LogP contribution in [0.15, 0.2) is 18.2 Å². The quantitative estimate of drug-likeness (QED) is 0.725. The Bertz CT molecular complexity index is 475. The van der Waals surface area contributed by atoms with E-state index in [2.05, 4.69) is 5.32 Å². The van der Waals surface area contributed by atoms with Crippen LogP contribution in [0.25, 0.3) is 0 Å². The van der Waals surface area contributed by atoms with Gasteiger partial charge in [-0.2, -0.15) is 0 Å². The van der Waals surface area contributed by atoms with E-state index >= 15 is 0 Å². The monoisotopic (exact) mass is 299 g/mol. The number of benzene rings is 1. The maximum absolute atomic E-state index is 13.0. The van der Waals surface area contributed by atoms with Crippen molar-refractivity contribution in [2.75, 3.05) is 13.2 Å². The molecule has 0 aliphatic carbocycles. The first kappa shape index (κ1) is 17.6. The van der Waals surface area contributed by atoms with E-state index in [0.29, 0.717) is 18.5 Å². The summed E-state index contributed by atoms with van der Waals surface area (Å²) >= 11 is 0. The first-order chi connectivity index (χ1) is 9.84. The molecular formula is C16H23F2NO2. The second kappa shape index (κ2) is 8.08. The number of hydrogen-bond acceptors (Lipinski definition) is 2. The number of carbonyl (C=O) groups excluding carboxylic acids is 1. The Morgan fingerprint density at radius 3 is 2.62 bits per heavy atom. The van der Waals surface area contributed by atoms with Crippen LogP contribution in [-0.2, 0) is 11.2 Å². The molecule has 0 unspecified atom stereocenters. The fourth-order valence-electron chi connectivity index (χ4n) is 1.92. The lowest BCUT2D eigenvalue weighted by molar-refractivity contribution is -0.121. The van der Waals surface area contributed by atoms with Crippen molar-refractivity contribution >= 4 is 5.91 Å². The van der Waals surface area contributed by atoms with Crippen LogP contribution in [0.4, 0.5) is 8.78 Å². The Morgan fingerprint density at radius 1 is 1.29 bits per heavy atom. The third-order valence-electron chi connectivity index (χ3n) is 3.41.